The molecule has 0 spiro atoms. The topological polar surface area (TPSA) is 84.9 Å². The minimum atomic E-state index is -0.487. The van der Waals surface area contributed by atoms with Crippen LogP contribution in [0.25, 0.3) is 11.1 Å². The predicted molar refractivity (Wildman–Crippen MR) is 133 cm³/mol. The van der Waals surface area contributed by atoms with Gasteiger partial charge in [-0.15, -0.1) is 0 Å². The summed E-state index contributed by atoms with van der Waals surface area (Å²) in [6.45, 7) is 0.690. The molecule has 6 heteroatoms. The number of aliphatic hydroxyl groups excluding tert-OH is 2. The summed E-state index contributed by atoms with van der Waals surface area (Å²) in [5, 5.41) is 18.5. The molecule has 0 amide bonds. The van der Waals surface area contributed by atoms with E-state index in [9.17, 15) is 5.11 Å². The van der Waals surface area contributed by atoms with Gasteiger partial charge in [0, 0.05) is 30.0 Å². The maximum atomic E-state index is 9.36. The lowest BCUT2D eigenvalue weighted by Crippen LogP contribution is -2.31. The second-order valence-corrected chi connectivity index (χ2v) is 9.33. The summed E-state index contributed by atoms with van der Waals surface area (Å²) in [5.74, 6) is 1.48. The molecule has 174 valence electrons. The van der Waals surface area contributed by atoms with Gasteiger partial charge < -0.3 is 25.4 Å². The van der Waals surface area contributed by atoms with Crippen molar-refractivity contribution < 1.29 is 19.7 Å². The Bertz CT molecular complexity index is 1030. The van der Waals surface area contributed by atoms with Gasteiger partial charge in [0.05, 0.1) is 25.4 Å². The second-order valence-electron chi connectivity index (χ2n) is 8.18. The van der Waals surface area contributed by atoms with Gasteiger partial charge in [0.15, 0.2) is 6.29 Å². The number of rotatable bonds is 9. The average molecular weight is 466 g/mol. The first-order valence-electron chi connectivity index (χ1n) is 11.3. The molecule has 0 radical (unpaired) electrons. The van der Waals surface area contributed by atoms with E-state index < -0.39 is 6.29 Å². The monoisotopic (exact) mass is 465 g/mol. The third kappa shape index (κ3) is 6.23. The summed E-state index contributed by atoms with van der Waals surface area (Å²) in [4.78, 5) is 0. The fourth-order valence-electron chi connectivity index (χ4n) is 4.04. The summed E-state index contributed by atoms with van der Waals surface area (Å²) in [5.41, 5.74) is 12.0. The summed E-state index contributed by atoms with van der Waals surface area (Å²) < 4.78 is 12.8. The van der Waals surface area contributed by atoms with Crippen molar-refractivity contribution in [3.63, 3.8) is 0 Å². The zero-order valence-electron chi connectivity index (χ0n) is 18.6. The molecule has 5 nitrogen and oxygen atoms in total. The van der Waals surface area contributed by atoms with Gasteiger partial charge in [-0.3, -0.25) is 0 Å². The van der Waals surface area contributed by atoms with E-state index in [-0.39, 0.29) is 25.4 Å². The van der Waals surface area contributed by atoms with E-state index in [1.54, 1.807) is 11.8 Å². The Morgan fingerprint density at radius 2 is 1.61 bits per heavy atom. The Morgan fingerprint density at radius 1 is 0.848 bits per heavy atom. The normalized spacial score (nSPS) is 20.6. The highest BCUT2D eigenvalue weighted by Gasteiger charge is 2.32. The number of hydrogen-bond donors (Lipinski definition) is 3. The third-order valence-corrected chi connectivity index (χ3v) is 6.89. The second kappa shape index (κ2) is 11.8. The maximum Gasteiger partial charge on any atom is 0.184 e. The largest absolute Gasteiger partial charge is 0.396 e. The van der Waals surface area contributed by atoms with E-state index in [1.807, 2.05) is 48.5 Å². The minimum Gasteiger partial charge on any atom is -0.396 e. The highest BCUT2D eigenvalue weighted by Crippen LogP contribution is 2.39. The molecule has 3 atom stereocenters. The molecule has 4 N–H and O–H groups in total. The van der Waals surface area contributed by atoms with Crippen LogP contribution in [0.3, 0.4) is 0 Å². The summed E-state index contributed by atoms with van der Waals surface area (Å²) in [7, 11) is 0. The van der Waals surface area contributed by atoms with Crippen LogP contribution in [0.1, 0.15) is 41.1 Å². The third-order valence-electron chi connectivity index (χ3n) is 5.81. The van der Waals surface area contributed by atoms with Gasteiger partial charge in [-0.25, -0.2) is 0 Å². The lowest BCUT2D eigenvalue weighted by atomic mass is 9.99. The molecule has 0 aromatic heterocycles. The lowest BCUT2D eigenvalue weighted by molar-refractivity contribution is -0.245. The maximum absolute atomic E-state index is 9.36. The smallest absolute Gasteiger partial charge is 0.184 e. The van der Waals surface area contributed by atoms with E-state index in [0.29, 0.717) is 12.3 Å². The van der Waals surface area contributed by atoms with Crippen LogP contribution in [0.4, 0.5) is 0 Å². The first kappa shape index (κ1) is 24.0. The van der Waals surface area contributed by atoms with Crippen molar-refractivity contribution in [1.82, 2.24) is 0 Å². The van der Waals surface area contributed by atoms with Crippen LogP contribution in [0.2, 0.25) is 0 Å². The van der Waals surface area contributed by atoms with Crippen LogP contribution >= 0.6 is 11.8 Å². The quantitative estimate of drug-likeness (QED) is 0.401. The molecule has 4 rings (SSSR count). The Morgan fingerprint density at radius 3 is 2.33 bits per heavy atom. The van der Waals surface area contributed by atoms with Crippen LogP contribution in [-0.2, 0) is 22.6 Å². The van der Waals surface area contributed by atoms with Crippen LogP contribution in [-0.4, -0.2) is 34.4 Å². The molecule has 33 heavy (non-hydrogen) atoms. The van der Waals surface area contributed by atoms with Crippen molar-refractivity contribution in [2.24, 2.45) is 5.73 Å². The van der Waals surface area contributed by atoms with Gasteiger partial charge in [0.25, 0.3) is 0 Å². The Kier molecular flexibility index (Phi) is 8.56. The fraction of sp³-hybridized carbons (Fsp3) is 0.333. The van der Waals surface area contributed by atoms with Crippen molar-refractivity contribution >= 4 is 11.8 Å². The van der Waals surface area contributed by atoms with Gasteiger partial charge in [-0.05, 0) is 39.9 Å². The molecular weight excluding hydrogens is 434 g/mol. The number of ether oxygens (including phenoxy) is 2. The van der Waals surface area contributed by atoms with Crippen molar-refractivity contribution in [2.75, 3.05) is 18.1 Å². The van der Waals surface area contributed by atoms with Gasteiger partial charge in [-0.1, -0.05) is 60.7 Å². The van der Waals surface area contributed by atoms with Gasteiger partial charge in [0.1, 0.15) is 0 Å². The molecule has 0 saturated carbocycles. The Balaban J connectivity index is 1.58. The van der Waals surface area contributed by atoms with E-state index in [1.165, 1.54) is 0 Å². The zero-order valence-corrected chi connectivity index (χ0v) is 19.4. The van der Waals surface area contributed by atoms with Crippen molar-refractivity contribution in [2.45, 2.75) is 38.1 Å². The molecule has 1 fully saturated rings. The van der Waals surface area contributed by atoms with E-state index in [2.05, 4.69) is 24.3 Å². The fourth-order valence-corrected chi connectivity index (χ4v) is 4.82. The van der Waals surface area contributed by atoms with E-state index >= 15 is 0 Å². The summed E-state index contributed by atoms with van der Waals surface area (Å²) >= 11 is 1.69. The lowest BCUT2D eigenvalue weighted by Gasteiger charge is -2.36. The number of aliphatic hydroxyl groups is 2. The highest BCUT2D eigenvalue weighted by molar-refractivity contribution is 7.99. The number of hydrogen-bond acceptors (Lipinski definition) is 6. The molecule has 1 aliphatic rings. The first-order chi connectivity index (χ1) is 16.2. The molecule has 0 aliphatic carbocycles. The average Bonchev–Trinajstić information content (AvgIpc) is 2.89. The molecule has 0 unspecified atom stereocenters. The van der Waals surface area contributed by atoms with E-state index in [4.69, 9.17) is 20.3 Å². The van der Waals surface area contributed by atoms with Gasteiger partial charge >= 0.3 is 0 Å². The van der Waals surface area contributed by atoms with Crippen LogP contribution in [0, 0.1) is 0 Å². The predicted octanol–water partition coefficient (Wildman–Crippen LogP) is 4.58. The molecule has 1 heterocycles. The van der Waals surface area contributed by atoms with Gasteiger partial charge in [-0.2, -0.15) is 11.8 Å². The zero-order chi connectivity index (χ0) is 23.0. The SMILES string of the molecule is NCc1cccc(-c2cccc([C@@H]3O[C@H](CSCCO)C[C@H](c4ccc(CO)cc4)O3)c2)c1. The highest BCUT2D eigenvalue weighted by atomic mass is 32.2. The van der Waals surface area contributed by atoms with Gasteiger partial charge in [0.2, 0.25) is 0 Å². The first-order valence-corrected chi connectivity index (χ1v) is 12.4. The number of benzene rings is 3. The summed E-state index contributed by atoms with van der Waals surface area (Å²) in [6, 6.07) is 24.4. The van der Waals surface area contributed by atoms with Crippen molar-refractivity contribution in [3.8, 4) is 11.1 Å². The molecule has 0 bridgehead atoms. The Labute approximate surface area is 199 Å². The van der Waals surface area contributed by atoms with Crippen LogP contribution in [0.15, 0.2) is 72.8 Å². The van der Waals surface area contributed by atoms with Crippen molar-refractivity contribution in [1.29, 1.82) is 0 Å². The van der Waals surface area contributed by atoms with Crippen LogP contribution < -0.4 is 5.73 Å². The standard InChI is InChI=1S/C27H31NO4S/c28-16-20-3-1-4-22(13-20)23-5-2-6-24(14-23)27-31-25(18-33-12-11-29)15-26(32-27)21-9-7-19(17-30)8-10-21/h1-10,13-14,25-27,29-30H,11-12,15-18,28H2/t25-,26+,27+/m0/s1. The molecule has 1 saturated heterocycles. The minimum absolute atomic E-state index is 0.00652. The number of nitrogens with two attached hydrogens (primary N) is 1. The van der Waals surface area contributed by atoms with Crippen LogP contribution in [0.5, 0.6) is 0 Å². The molecule has 3 aromatic carbocycles. The number of thioether (sulfide) groups is 1. The molecular formula is C27H31NO4S. The summed E-state index contributed by atoms with van der Waals surface area (Å²) in [6.07, 6.45) is 0.150. The molecule has 3 aromatic rings. The molecule has 1 aliphatic heterocycles. The Hall–Kier alpha value is -2.19. The van der Waals surface area contributed by atoms with E-state index in [0.717, 1.165) is 45.6 Å². The van der Waals surface area contributed by atoms with Crippen molar-refractivity contribution in [3.05, 3.63) is 95.1 Å².